The summed E-state index contributed by atoms with van der Waals surface area (Å²) in [5.74, 6) is 1.66. The quantitative estimate of drug-likeness (QED) is 0.536. The Morgan fingerprint density at radius 1 is 1.16 bits per heavy atom. The van der Waals surface area contributed by atoms with Crippen LogP contribution < -0.4 is 16.4 Å². The lowest BCUT2D eigenvalue weighted by molar-refractivity contribution is 0.869. The number of aromatic amines is 1. The molecule has 6 nitrogen and oxygen atoms in total. The molecule has 2 heterocycles. The first-order valence-electron chi connectivity index (χ1n) is 6.50. The number of nitrogens with zero attached hydrogens (tertiary/aromatic N) is 2. The maximum Gasteiger partial charge on any atom is 0.131 e. The molecule has 2 aromatic rings. The van der Waals surface area contributed by atoms with Crippen molar-refractivity contribution in [3.63, 3.8) is 0 Å². The van der Waals surface area contributed by atoms with E-state index in [2.05, 4.69) is 31.7 Å². The highest BCUT2D eigenvalue weighted by Crippen LogP contribution is 2.08. The molecule has 2 rings (SSSR count). The predicted octanol–water partition coefficient (Wildman–Crippen LogP) is 1.22. The minimum absolute atomic E-state index is 0.680. The van der Waals surface area contributed by atoms with E-state index in [1.54, 1.807) is 6.33 Å². The lowest BCUT2D eigenvalue weighted by Crippen LogP contribution is -2.10. The van der Waals surface area contributed by atoms with Gasteiger partial charge in [0.1, 0.15) is 18.0 Å². The van der Waals surface area contributed by atoms with Gasteiger partial charge in [0.15, 0.2) is 0 Å². The van der Waals surface area contributed by atoms with Crippen LogP contribution in [0, 0.1) is 0 Å². The summed E-state index contributed by atoms with van der Waals surface area (Å²) in [5, 5.41) is 6.50. The number of nitrogens with one attached hydrogen (secondary N) is 3. The molecule has 0 aromatic carbocycles. The zero-order chi connectivity index (χ0) is 13.3. The SMILES string of the molecule is NCCCNc1cc(NCCc2cc[nH]c2)ncn1. The number of rotatable bonds is 8. The Morgan fingerprint density at radius 2 is 1.95 bits per heavy atom. The standard InChI is InChI=1S/C13H20N6/c14-4-1-5-16-12-8-13(19-10-18-12)17-7-3-11-2-6-15-9-11/h2,6,8-10,15H,1,3-5,7,14H2,(H2,16,17,18,19). The van der Waals surface area contributed by atoms with E-state index in [4.69, 9.17) is 5.73 Å². The van der Waals surface area contributed by atoms with Crippen LogP contribution in [-0.2, 0) is 6.42 Å². The number of aromatic nitrogens is 3. The summed E-state index contributed by atoms with van der Waals surface area (Å²) in [6, 6.07) is 3.98. The second-order valence-electron chi connectivity index (χ2n) is 4.25. The number of hydrogen-bond acceptors (Lipinski definition) is 5. The van der Waals surface area contributed by atoms with Crippen LogP contribution in [0.3, 0.4) is 0 Å². The molecule has 0 saturated carbocycles. The molecule has 0 unspecified atom stereocenters. The zero-order valence-corrected chi connectivity index (χ0v) is 10.9. The maximum absolute atomic E-state index is 5.45. The van der Waals surface area contributed by atoms with Gasteiger partial charge < -0.3 is 21.4 Å². The van der Waals surface area contributed by atoms with E-state index in [1.165, 1.54) is 5.56 Å². The van der Waals surface area contributed by atoms with Crippen LogP contribution in [-0.4, -0.2) is 34.6 Å². The van der Waals surface area contributed by atoms with Gasteiger partial charge >= 0.3 is 0 Å². The van der Waals surface area contributed by atoms with Gasteiger partial charge in [0, 0.05) is 31.5 Å². The van der Waals surface area contributed by atoms with Gasteiger partial charge in [0.05, 0.1) is 0 Å². The first kappa shape index (κ1) is 13.4. The van der Waals surface area contributed by atoms with Crippen molar-refractivity contribution in [2.75, 3.05) is 30.3 Å². The van der Waals surface area contributed by atoms with E-state index in [-0.39, 0.29) is 0 Å². The molecular weight excluding hydrogens is 240 g/mol. The lowest BCUT2D eigenvalue weighted by atomic mass is 10.2. The van der Waals surface area contributed by atoms with Gasteiger partial charge in [-0.15, -0.1) is 0 Å². The van der Waals surface area contributed by atoms with Crippen LogP contribution >= 0.6 is 0 Å². The summed E-state index contributed by atoms with van der Waals surface area (Å²) in [6.07, 6.45) is 7.38. The van der Waals surface area contributed by atoms with Gasteiger partial charge in [0.25, 0.3) is 0 Å². The van der Waals surface area contributed by atoms with Crippen molar-refractivity contribution < 1.29 is 0 Å². The molecule has 0 bridgehead atoms. The second-order valence-corrected chi connectivity index (χ2v) is 4.25. The summed E-state index contributed by atoms with van der Waals surface area (Å²) < 4.78 is 0. The number of hydrogen-bond donors (Lipinski definition) is 4. The van der Waals surface area contributed by atoms with Crippen LogP contribution in [0.1, 0.15) is 12.0 Å². The average Bonchev–Trinajstić information content (AvgIpc) is 2.93. The van der Waals surface area contributed by atoms with Crippen molar-refractivity contribution in [2.24, 2.45) is 5.73 Å². The summed E-state index contributed by atoms with van der Waals surface area (Å²) in [6.45, 7) is 2.35. The van der Waals surface area contributed by atoms with E-state index in [0.29, 0.717) is 6.54 Å². The minimum atomic E-state index is 0.680. The summed E-state index contributed by atoms with van der Waals surface area (Å²) in [4.78, 5) is 11.4. The molecule has 0 aliphatic carbocycles. The molecule has 2 aromatic heterocycles. The summed E-state index contributed by atoms with van der Waals surface area (Å²) >= 11 is 0. The van der Waals surface area contributed by atoms with Gasteiger partial charge in [-0.3, -0.25) is 0 Å². The number of anilines is 2. The van der Waals surface area contributed by atoms with Crippen molar-refractivity contribution in [1.82, 2.24) is 15.0 Å². The average molecular weight is 260 g/mol. The molecule has 6 heteroatoms. The van der Waals surface area contributed by atoms with E-state index >= 15 is 0 Å². The highest BCUT2D eigenvalue weighted by Gasteiger charge is 1.98. The zero-order valence-electron chi connectivity index (χ0n) is 10.9. The van der Waals surface area contributed by atoms with E-state index in [0.717, 1.165) is 37.6 Å². The largest absolute Gasteiger partial charge is 0.370 e. The van der Waals surface area contributed by atoms with Crippen molar-refractivity contribution in [1.29, 1.82) is 0 Å². The smallest absolute Gasteiger partial charge is 0.131 e. The van der Waals surface area contributed by atoms with Crippen LogP contribution in [0.5, 0.6) is 0 Å². The van der Waals surface area contributed by atoms with Gasteiger partial charge in [-0.1, -0.05) is 0 Å². The molecule has 5 N–H and O–H groups in total. The Kier molecular flexibility index (Phi) is 5.18. The van der Waals surface area contributed by atoms with Gasteiger partial charge in [0.2, 0.25) is 0 Å². The topological polar surface area (TPSA) is 91.7 Å². The maximum atomic E-state index is 5.45. The highest BCUT2D eigenvalue weighted by molar-refractivity contribution is 5.46. The van der Waals surface area contributed by atoms with Crippen molar-refractivity contribution >= 4 is 11.6 Å². The normalized spacial score (nSPS) is 10.4. The van der Waals surface area contributed by atoms with Crippen LogP contribution in [0.15, 0.2) is 30.9 Å². The Balaban J connectivity index is 1.78. The Labute approximate surface area is 112 Å². The first-order valence-corrected chi connectivity index (χ1v) is 6.50. The monoisotopic (exact) mass is 260 g/mol. The number of nitrogens with two attached hydrogens (primary N) is 1. The van der Waals surface area contributed by atoms with Crippen LogP contribution in [0.4, 0.5) is 11.6 Å². The molecule has 0 fully saturated rings. The Morgan fingerprint density at radius 3 is 2.63 bits per heavy atom. The molecule has 0 aliphatic rings. The Hall–Kier alpha value is -2.08. The van der Waals surface area contributed by atoms with E-state index in [9.17, 15) is 0 Å². The van der Waals surface area contributed by atoms with Crippen molar-refractivity contribution in [3.8, 4) is 0 Å². The van der Waals surface area contributed by atoms with Crippen LogP contribution in [0.2, 0.25) is 0 Å². The van der Waals surface area contributed by atoms with Gasteiger partial charge in [-0.05, 0) is 31.0 Å². The third-order valence-electron chi connectivity index (χ3n) is 2.74. The third kappa shape index (κ3) is 4.59. The first-order chi connectivity index (χ1) is 9.38. The molecule has 0 spiro atoms. The van der Waals surface area contributed by atoms with Crippen molar-refractivity contribution in [3.05, 3.63) is 36.4 Å². The molecule has 0 aliphatic heterocycles. The Bertz CT molecular complexity index is 468. The molecule has 0 radical (unpaired) electrons. The van der Waals surface area contributed by atoms with Crippen molar-refractivity contribution in [2.45, 2.75) is 12.8 Å². The lowest BCUT2D eigenvalue weighted by Gasteiger charge is -2.07. The molecule has 19 heavy (non-hydrogen) atoms. The molecule has 102 valence electrons. The van der Waals surface area contributed by atoms with E-state index < -0.39 is 0 Å². The van der Waals surface area contributed by atoms with Gasteiger partial charge in [-0.2, -0.15) is 0 Å². The third-order valence-corrected chi connectivity index (χ3v) is 2.74. The second kappa shape index (κ2) is 7.38. The van der Waals surface area contributed by atoms with E-state index in [1.807, 2.05) is 18.5 Å². The molecular formula is C13H20N6. The highest BCUT2D eigenvalue weighted by atomic mass is 15.1. The molecule has 0 amide bonds. The fourth-order valence-corrected chi connectivity index (χ4v) is 1.72. The molecule has 0 atom stereocenters. The van der Waals surface area contributed by atoms with Crippen LogP contribution in [0.25, 0.3) is 0 Å². The summed E-state index contributed by atoms with van der Waals surface area (Å²) in [7, 11) is 0. The summed E-state index contributed by atoms with van der Waals surface area (Å²) in [5.41, 5.74) is 6.73. The van der Waals surface area contributed by atoms with Gasteiger partial charge in [-0.25, -0.2) is 9.97 Å². The fraction of sp³-hybridized carbons (Fsp3) is 0.385. The number of H-pyrrole nitrogens is 1. The predicted molar refractivity (Wildman–Crippen MR) is 77.2 cm³/mol. The minimum Gasteiger partial charge on any atom is -0.370 e. The molecule has 0 saturated heterocycles. The fourth-order valence-electron chi connectivity index (χ4n) is 1.72.